The number of nitrogens with zero attached hydrogens (tertiary/aromatic N) is 1. The summed E-state index contributed by atoms with van der Waals surface area (Å²) in [5.74, 6) is 0.0206. The van der Waals surface area contributed by atoms with E-state index in [1.165, 1.54) is 0 Å². The van der Waals surface area contributed by atoms with E-state index >= 15 is 0 Å². The summed E-state index contributed by atoms with van der Waals surface area (Å²) >= 11 is 5.95. The van der Waals surface area contributed by atoms with Crippen LogP contribution in [-0.2, 0) is 10.4 Å². The predicted molar refractivity (Wildman–Crippen MR) is 115 cm³/mol. The first-order chi connectivity index (χ1) is 13.5. The van der Waals surface area contributed by atoms with Crippen LogP contribution in [0.2, 0.25) is 5.02 Å². The summed E-state index contributed by atoms with van der Waals surface area (Å²) in [6.07, 6.45) is 3.49. The number of piperidine rings is 1. The minimum absolute atomic E-state index is 0.0206. The highest BCUT2D eigenvalue weighted by Gasteiger charge is 2.34. The van der Waals surface area contributed by atoms with Gasteiger partial charge in [-0.15, -0.1) is 0 Å². The largest absolute Gasteiger partial charge is 0.385 e. The highest BCUT2D eigenvalue weighted by atomic mass is 35.5. The fraction of sp³-hybridized carbons (Fsp3) is 0.409. The lowest BCUT2D eigenvalue weighted by molar-refractivity contribution is -0.116. The smallest absolute Gasteiger partial charge is 0.224 e. The van der Waals surface area contributed by atoms with Crippen LogP contribution in [0.3, 0.4) is 0 Å². The van der Waals surface area contributed by atoms with Gasteiger partial charge in [0.05, 0.1) is 5.60 Å². The summed E-state index contributed by atoms with van der Waals surface area (Å²) in [5, 5.41) is 14.6. The van der Waals surface area contributed by atoms with Gasteiger partial charge in [0.25, 0.3) is 0 Å². The molecule has 3 rings (SSSR count). The number of hydrogen-bond donors (Lipinski definition) is 3. The van der Waals surface area contributed by atoms with E-state index in [4.69, 9.17) is 17.3 Å². The molecule has 0 aliphatic carbocycles. The second-order valence-corrected chi connectivity index (χ2v) is 7.80. The molecule has 0 atom stereocenters. The van der Waals surface area contributed by atoms with Gasteiger partial charge in [-0.2, -0.15) is 0 Å². The molecule has 28 heavy (non-hydrogen) atoms. The molecule has 2 aromatic carbocycles. The maximum absolute atomic E-state index is 11.9. The van der Waals surface area contributed by atoms with Gasteiger partial charge < -0.3 is 21.1 Å². The molecule has 1 aliphatic heterocycles. The Morgan fingerprint density at radius 1 is 1.07 bits per heavy atom. The van der Waals surface area contributed by atoms with Gasteiger partial charge in [-0.25, -0.2) is 0 Å². The molecule has 1 saturated heterocycles. The predicted octanol–water partition coefficient (Wildman–Crippen LogP) is 3.90. The van der Waals surface area contributed by atoms with Gasteiger partial charge in [0.2, 0.25) is 5.91 Å². The summed E-state index contributed by atoms with van der Waals surface area (Å²) in [6, 6.07) is 15.3. The molecule has 2 aromatic rings. The van der Waals surface area contributed by atoms with Crippen LogP contribution in [0.1, 0.15) is 37.7 Å². The fourth-order valence-corrected chi connectivity index (χ4v) is 3.72. The average molecular weight is 402 g/mol. The molecule has 0 bridgehead atoms. The number of nitrogens with one attached hydrogen (secondary N) is 1. The number of carbonyl (C=O) groups is 1. The molecule has 6 heteroatoms. The van der Waals surface area contributed by atoms with E-state index in [-0.39, 0.29) is 5.91 Å². The van der Waals surface area contributed by atoms with Crippen molar-refractivity contribution >= 4 is 28.9 Å². The van der Waals surface area contributed by atoms with Gasteiger partial charge in [-0.05, 0) is 74.2 Å². The highest BCUT2D eigenvalue weighted by molar-refractivity contribution is 6.30. The number of nitrogens with two attached hydrogens (primary N) is 1. The molecule has 0 unspecified atom stereocenters. The number of carbonyl (C=O) groups excluding carboxylic acids is 1. The molecule has 1 amide bonds. The lowest BCUT2D eigenvalue weighted by atomic mass is 9.84. The minimum Gasteiger partial charge on any atom is -0.385 e. The lowest BCUT2D eigenvalue weighted by Crippen LogP contribution is -2.42. The van der Waals surface area contributed by atoms with Crippen molar-refractivity contribution in [2.75, 3.05) is 29.9 Å². The van der Waals surface area contributed by atoms with Crippen molar-refractivity contribution in [2.24, 2.45) is 5.73 Å². The summed E-state index contributed by atoms with van der Waals surface area (Å²) in [7, 11) is 0. The number of aliphatic hydroxyl groups is 1. The maximum Gasteiger partial charge on any atom is 0.224 e. The lowest BCUT2D eigenvalue weighted by Gasteiger charge is -2.39. The zero-order valence-corrected chi connectivity index (χ0v) is 16.8. The maximum atomic E-state index is 11.9. The van der Waals surface area contributed by atoms with Crippen LogP contribution < -0.4 is 16.0 Å². The normalized spacial score (nSPS) is 16.0. The van der Waals surface area contributed by atoms with Crippen LogP contribution in [0.15, 0.2) is 48.5 Å². The van der Waals surface area contributed by atoms with E-state index in [1.807, 2.05) is 48.5 Å². The fourth-order valence-electron chi connectivity index (χ4n) is 3.59. The number of unbranched alkanes of at least 4 members (excludes halogenated alkanes) is 1. The second-order valence-electron chi connectivity index (χ2n) is 7.37. The zero-order chi connectivity index (χ0) is 20.0. The van der Waals surface area contributed by atoms with E-state index in [1.54, 1.807) is 0 Å². The van der Waals surface area contributed by atoms with Crippen molar-refractivity contribution in [1.82, 2.24) is 0 Å². The van der Waals surface area contributed by atoms with E-state index in [0.29, 0.717) is 30.8 Å². The number of anilines is 2. The SMILES string of the molecule is NCCCCC(=O)Nc1ccc(N2CCC(O)(c3ccc(Cl)cc3)CC2)cc1. The number of hydrogen-bond acceptors (Lipinski definition) is 4. The Bertz CT molecular complexity index is 769. The quantitative estimate of drug-likeness (QED) is 0.615. The van der Waals surface area contributed by atoms with Crippen LogP contribution in [0.5, 0.6) is 0 Å². The molecular formula is C22H28ClN3O2. The number of amides is 1. The van der Waals surface area contributed by atoms with Crippen LogP contribution >= 0.6 is 11.6 Å². The molecule has 1 fully saturated rings. The standard InChI is InChI=1S/C22H28ClN3O2/c23-18-6-4-17(5-7-18)22(28)12-15-26(16-13-22)20-10-8-19(9-11-20)25-21(27)3-1-2-14-24/h4-11,28H,1-3,12-16,24H2,(H,25,27). The van der Waals surface area contributed by atoms with Crippen molar-refractivity contribution in [3.8, 4) is 0 Å². The van der Waals surface area contributed by atoms with Gasteiger partial charge in [0.15, 0.2) is 0 Å². The first-order valence-corrected chi connectivity index (χ1v) is 10.2. The molecule has 0 radical (unpaired) electrons. The van der Waals surface area contributed by atoms with Crippen molar-refractivity contribution in [3.63, 3.8) is 0 Å². The van der Waals surface area contributed by atoms with Crippen molar-refractivity contribution in [3.05, 3.63) is 59.1 Å². The Hall–Kier alpha value is -2.08. The molecule has 1 aliphatic rings. The van der Waals surface area contributed by atoms with Crippen molar-refractivity contribution in [2.45, 2.75) is 37.7 Å². The van der Waals surface area contributed by atoms with E-state index in [2.05, 4.69) is 10.2 Å². The molecular weight excluding hydrogens is 374 g/mol. The van der Waals surface area contributed by atoms with E-state index in [9.17, 15) is 9.90 Å². The molecule has 5 nitrogen and oxygen atoms in total. The van der Waals surface area contributed by atoms with Crippen molar-refractivity contribution < 1.29 is 9.90 Å². The third kappa shape index (κ3) is 5.25. The Morgan fingerprint density at radius 2 is 1.71 bits per heavy atom. The van der Waals surface area contributed by atoms with Gasteiger partial charge in [-0.1, -0.05) is 23.7 Å². The zero-order valence-electron chi connectivity index (χ0n) is 16.0. The third-order valence-corrected chi connectivity index (χ3v) is 5.60. The molecule has 4 N–H and O–H groups in total. The first-order valence-electron chi connectivity index (χ1n) is 9.83. The Morgan fingerprint density at radius 3 is 2.32 bits per heavy atom. The molecule has 1 heterocycles. The first kappa shape index (κ1) is 20.6. The van der Waals surface area contributed by atoms with Gasteiger partial charge in [0.1, 0.15) is 0 Å². The monoisotopic (exact) mass is 401 g/mol. The van der Waals surface area contributed by atoms with E-state index < -0.39 is 5.60 Å². The minimum atomic E-state index is -0.807. The number of benzene rings is 2. The summed E-state index contributed by atoms with van der Waals surface area (Å²) in [4.78, 5) is 14.2. The van der Waals surface area contributed by atoms with Crippen LogP contribution in [0.4, 0.5) is 11.4 Å². The van der Waals surface area contributed by atoms with Crippen LogP contribution in [-0.4, -0.2) is 30.6 Å². The van der Waals surface area contributed by atoms with Crippen molar-refractivity contribution in [1.29, 1.82) is 0 Å². The Kier molecular flexibility index (Phi) is 6.94. The average Bonchev–Trinajstić information content (AvgIpc) is 2.70. The second kappa shape index (κ2) is 9.41. The topological polar surface area (TPSA) is 78.6 Å². The summed E-state index contributed by atoms with van der Waals surface area (Å²) in [6.45, 7) is 2.15. The summed E-state index contributed by atoms with van der Waals surface area (Å²) < 4.78 is 0. The Labute approximate surface area is 171 Å². The number of rotatable bonds is 7. The van der Waals surface area contributed by atoms with E-state index in [0.717, 1.165) is 42.9 Å². The number of halogens is 1. The Balaban J connectivity index is 1.54. The summed E-state index contributed by atoms with van der Waals surface area (Å²) in [5.41, 5.74) is 7.47. The molecule has 150 valence electrons. The van der Waals surface area contributed by atoms with Gasteiger partial charge >= 0.3 is 0 Å². The van der Waals surface area contributed by atoms with Crippen LogP contribution in [0.25, 0.3) is 0 Å². The molecule has 0 spiro atoms. The molecule has 0 aromatic heterocycles. The van der Waals surface area contributed by atoms with Gasteiger partial charge in [0, 0.05) is 35.9 Å². The highest BCUT2D eigenvalue weighted by Crippen LogP contribution is 2.35. The van der Waals surface area contributed by atoms with Crippen LogP contribution in [0, 0.1) is 0 Å². The van der Waals surface area contributed by atoms with Gasteiger partial charge in [-0.3, -0.25) is 4.79 Å². The third-order valence-electron chi connectivity index (χ3n) is 5.35. The molecule has 0 saturated carbocycles.